The molecule has 21 heavy (non-hydrogen) atoms. The van der Waals surface area contributed by atoms with Gasteiger partial charge in [-0.3, -0.25) is 9.59 Å². The molecule has 0 atom stereocenters. The fourth-order valence-electron chi connectivity index (χ4n) is 1.59. The molecular weight excluding hydrogens is 270 g/mol. The van der Waals surface area contributed by atoms with Crippen molar-refractivity contribution in [3.8, 4) is 5.75 Å². The highest BCUT2D eigenvalue weighted by Crippen LogP contribution is 2.12. The molecule has 0 bridgehead atoms. The summed E-state index contributed by atoms with van der Waals surface area (Å²) in [6.45, 7) is 4.91. The maximum atomic E-state index is 11.6. The van der Waals surface area contributed by atoms with Crippen LogP contribution in [0.3, 0.4) is 0 Å². The molecule has 0 aliphatic heterocycles. The maximum Gasteiger partial charge on any atom is 0.307 e. The molecule has 1 aromatic rings. The number of esters is 1. The lowest BCUT2D eigenvalue weighted by Crippen LogP contribution is -2.24. The third-order valence-corrected chi connectivity index (χ3v) is 2.55. The van der Waals surface area contributed by atoms with E-state index in [0.29, 0.717) is 13.2 Å². The van der Waals surface area contributed by atoms with E-state index in [-0.39, 0.29) is 24.8 Å². The first kappa shape index (κ1) is 16.8. The van der Waals surface area contributed by atoms with E-state index < -0.39 is 0 Å². The lowest BCUT2D eigenvalue weighted by molar-refractivity contribution is -0.142. The molecule has 114 valence electrons. The normalized spacial score (nSPS) is 10.4. The standard InChI is InChI=1S/C16H21NO4/c1-3-20-14-8-5-13(6-9-14)7-10-15(18)17-12-11-16(19)21-4-2/h5-10H,3-4,11-12H2,1-2H3,(H,17,18). The molecule has 0 aliphatic rings. The third-order valence-electron chi connectivity index (χ3n) is 2.55. The largest absolute Gasteiger partial charge is 0.494 e. The van der Waals surface area contributed by atoms with Crippen LogP contribution in [0.25, 0.3) is 6.08 Å². The number of hydrogen-bond acceptors (Lipinski definition) is 4. The Morgan fingerprint density at radius 1 is 1.14 bits per heavy atom. The summed E-state index contributed by atoms with van der Waals surface area (Å²) in [5, 5.41) is 2.62. The van der Waals surface area contributed by atoms with Crippen molar-refractivity contribution in [2.75, 3.05) is 19.8 Å². The Kier molecular flexibility index (Phi) is 7.64. The van der Waals surface area contributed by atoms with Crippen molar-refractivity contribution in [1.29, 1.82) is 0 Å². The highest BCUT2D eigenvalue weighted by Gasteiger charge is 2.02. The van der Waals surface area contributed by atoms with Gasteiger partial charge < -0.3 is 14.8 Å². The van der Waals surface area contributed by atoms with Crippen LogP contribution in [-0.2, 0) is 14.3 Å². The average Bonchev–Trinajstić information content (AvgIpc) is 2.47. The van der Waals surface area contributed by atoms with E-state index in [1.165, 1.54) is 6.08 Å². The van der Waals surface area contributed by atoms with Crippen LogP contribution in [0.5, 0.6) is 5.75 Å². The number of carbonyl (C=O) groups excluding carboxylic acids is 2. The van der Waals surface area contributed by atoms with Crippen molar-refractivity contribution in [3.05, 3.63) is 35.9 Å². The molecule has 0 saturated heterocycles. The summed E-state index contributed by atoms with van der Waals surface area (Å²) >= 11 is 0. The van der Waals surface area contributed by atoms with Crippen molar-refractivity contribution in [2.45, 2.75) is 20.3 Å². The van der Waals surface area contributed by atoms with Gasteiger partial charge in [0.15, 0.2) is 0 Å². The Hall–Kier alpha value is -2.30. The quantitative estimate of drug-likeness (QED) is 0.589. The molecule has 0 spiro atoms. The Bertz CT molecular complexity index is 480. The fourth-order valence-corrected chi connectivity index (χ4v) is 1.59. The van der Waals surface area contributed by atoms with Gasteiger partial charge in [-0.1, -0.05) is 12.1 Å². The van der Waals surface area contributed by atoms with Crippen molar-refractivity contribution < 1.29 is 19.1 Å². The van der Waals surface area contributed by atoms with Crippen LogP contribution >= 0.6 is 0 Å². The van der Waals surface area contributed by atoms with Gasteiger partial charge in [0.2, 0.25) is 5.91 Å². The summed E-state index contributed by atoms with van der Waals surface area (Å²) in [7, 11) is 0. The number of carbonyl (C=O) groups is 2. The summed E-state index contributed by atoms with van der Waals surface area (Å²) in [4.78, 5) is 22.6. The molecule has 5 heteroatoms. The number of hydrogen-bond donors (Lipinski definition) is 1. The van der Waals surface area contributed by atoms with Crippen LogP contribution in [0.4, 0.5) is 0 Å². The van der Waals surface area contributed by atoms with E-state index >= 15 is 0 Å². The maximum absolute atomic E-state index is 11.6. The van der Waals surface area contributed by atoms with Gasteiger partial charge in [-0.25, -0.2) is 0 Å². The average molecular weight is 291 g/mol. The molecule has 1 rings (SSSR count). The van der Waals surface area contributed by atoms with E-state index in [9.17, 15) is 9.59 Å². The minimum absolute atomic E-state index is 0.177. The van der Waals surface area contributed by atoms with Crippen molar-refractivity contribution >= 4 is 18.0 Å². The van der Waals surface area contributed by atoms with Crippen LogP contribution < -0.4 is 10.1 Å². The molecule has 0 unspecified atom stereocenters. The Morgan fingerprint density at radius 2 is 1.86 bits per heavy atom. The molecular formula is C16H21NO4. The summed E-state index contributed by atoms with van der Waals surface area (Å²) in [5.74, 6) is 0.245. The molecule has 0 aromatic heterocycles. The van der Waals surface area contributed by atoms with Gasteiger partial charge in [0.05, 0.1) is 19.6 Å². The second-order valence-electron chi connectivity index (χ2n) is 4.18. The molecule has 1 aromatic carbocycles. The monoisotopic (exact) mass is 291 g/mol. The van der Waals surface area contributed by atoms with Gasteiger partial charge in [-0.05, 0) is 37.6 Å². The minimum Gasteiger partial charge on any atom is -0.494 e. The first-order valence-electron chi connectivity index (χ1n) is 7.00. The van der Waals surface area contributed by atoms with Crippen molar-refractivity contribution in [1.82, 2.24) is 5.32 Å². The van der Waals surface area contributed by atoms with Gasteiger partial charge in [-0.2, -0.15) is 0 Å². The zero-order valence-corrected chi connectivity index (χ0v) is 12.4. The van der Waals surface area contributed by atoms with E-state index in [1.807, 2.05) is 31.2 Å². The lowest BCUT2D eigenvalue weighted by Gasteiger charge is -2.03. The van der Waals surface area contributed by atoms with Gasteiger partial charge in [-0.15, -0.1) is 0 Å². The van der Waals surface area contributed by atoms with E-state index in [2.05, 4.69) is 5.32 Å². The predicted molar refractivity (Wildman–Crippen MR) is 80.9 cm³/mol. The van der Waals surface area contributed by atoms with Gasteiger partial charge in [0, 0.05) is 12.6 Å². The van der Waals surface area contributed by atoms with Crippen LogP contribution in [0.1, 0.15) is 25.8 Å². The molecule has 0 heterocycles. The van der Waals surface area contributed by atoms with Crippen LogP contribution in [0.15, 0.2) is 30.3 Å². The second-order valence-corrected chi connectivity index (χ2v) is 4.18. The summed E-state index contributed by atoms with van der Waals surface area (Å²) < 4.78 is 10.1. The Labute approximate surface area is 124 Å². The number of nitrogens with one attached hydrogen (secondary N) is 1. The van der Waals surface area contributed by atoms with Gasteiger partial charge >= 0.3 is 5.97 Å². The number of amides is 1. The molecule has 0 aliphatic carbocycles. The Balaban J connectivity index is 2.34. The smallest absolute Gasteiger partial charge is 0.307 e. The Morgan fingerprint density at radius 3 is 2.48 bits per heavy atom. The molecule has 0 radical (unpaired) electrons. The molecule has 5 nitrogen and oxygen atoms in total. The van der Waals surface area contributed by atoms with Crippen LogP contribution in [0, 0.1) is 0 Å². The van der Waals surface area contributed by atoms with Crippen molar-refractivity contribution in [2.24, 2.45) is 0 Å². The van der Waals surface area contributed by atoms with Crippen LogP contribution in [-0.4, -0.2) is 31.6 Å². The van der Waals surface area contributed by atoms with E-state index in [1.54, 1.807) is 13.0 Å². The molecule has 0 saturated carbocycles. The second kappa shape index (κ2) is 9.58. The first-order chi connectivity index (χ1) is 10.2. The number of ether oxygens (including phenoxy) is 2. The van der Waals surface area contributed by atoms with Crippen molar-refractivity contribution in [3.63, 3.8) is 0 Å². The summed E-state index contributed by atoms with van der Waals surface area (Å²) in [6.07, 6.45) is 3.31. The number of benzene rings is 1. The number of rotatable bonds is 8. The topological polar surface area (TPSA) is 64.6 Å². The highest BCUT2D eigenvalue weighted by molar-refractivity contribution is 5.91. The molecule has 0 fully saturated rings. The molecule has 1 amide bonds. The first-order valence-corrected chi connectivity index (χ1v) is 7.00. The minimum atomic E-state index is -0.312. The highest BCUT2D eigenvalue weighted by atomic mass is 16.5. The molecule has 1 N–H and O–H groups in total. The van der Waals surface area contributed by atoms with Gasteiger partial charge in [0.1, 0.15) is 5.75 Å². The summed E-state index contributed by atoms with van der Waals surface area (Å²) in [6, 6.07) is 7.43. The van der Waals surface area contributed by atoms with Gasteiger partial charge in [0.25, 0.3) is 0 Å². The van der Waals surface area contributed by atoms with Crippen LogP contribution in [0.2, 0.25) is 0 Å². The lowest BCUT2D eigenvalue weighted by atomic mass is 10.2. The zero-order valence-electron chi connectivity index (χ0n) is 12.4. The van der Waals surface area contributed by atoms with E-state index in [0.717, 1.165) is 11.3 Å². The third kappa shape index (κ3) is 7.15. The predicted octanol–water partition coefficient (Wildman–Crippen LogP) is 2.17. The fraction of sp³-hybridized carbons (Fsp3) is 0.375. The summed E-state index contributed by atoms with van der Waals surface area (Å²) in [5.41, 5.74) is 0.902. The SMILES string of the molecule is CCOC(=O)CCNC(=O)C=Cc1ccc(OCC)cc1. The van der Waals surface area contributed by atoms with E-state index in [4.69, 9.17) is 9.47 Å². The zero-order chi connectivity index (χ0) is 15.5.